The van der Waals surface area contributed by atoms with Gasteiger partial charge >= 0.3 is 11.8 Å². The third kappa shape index (κ3) is 3.83. The molecule has 0 atom stereocenters. The smallest absolute Gasteiger partial charge is 0.327 e. The summed E-state index contributed by atoms with van der Waals surface area (Å²) in [5.41, 5.74) is 8.95. The number of primary amides is 1. The molecule has 0 bridgehead atoms. The van der Waals surface area contributed by atoms with Crippen molar-refractivity contribution in [1.29, 1.82) is 0 Å². The molecule has 0 radical (unpaired) electrons. The number of para-hydroxylation sites is 2. The van der Waals surface area contributed by atoms with Crippen LogP contribution in [-0.2, 0) is 9.59 Å². The highest BCUT2D eigenvalue weighted by atomic mass is 16.5. The Labute approximate surface area is 126 Å². The van der Waals surface area contributed by atoms with Crippen molar-refractivity contribution in [2.75, 3.05) is 0 Å². The van der Waals surface area contributed by atoms with E-state index in [0.717, 1.165) is 0 Å². The van der Waals surface area contributed by atoms with Crippen molar-refractivity contribution in [1.82, 2.24) is 10.9 Å². The van der Waals surface area contributed by atoms with Crippen LogP contribution < -0.4 is 21.3 Å². The molecule has 2 aromatic carbocycles. The van der Waals surface area contributed by atoms with Crippen LogP contribution in [0.3, 0.4) is 0 Å². The summed E-state index contributed by atoms with van der Waals surface area (Å²) in [5.74, 6) is -2.09. The first-order valence-electron chi connectivity index (χ1n) is 6.30. The van der Waals surface area contributed by atoms with E-state index in [2.05, 4.69) is 5.43 Å². The van der Waals surface area contributed by atoms with Gasteiger partial charge in [0.2, 0.25) is 0 Å². The Morgan fingerprint density at radius 3 is 2.18 bits per heavy atom. The van der Waals surface area contributed by atoms with Gasteiger partial charge in [0.1, 0.15) is 11.5 Å². The highest BCUT2D eigenvalue weighted by molar-refractivity contribution is 6.34. The Morgan fingerprint density at radius 1 is 0.864 bits per heavy atom. The number of nitrogens with one attached hydrogen (secondary N) is 2. The lowest BCUT2D eigenvalue weighted by molar-refractivity contribution is -0.137. The van der Waals surface area contributed by atoms with E-state index in [1.165, 1.54) is 6.07 Å². The molecule has 4 N–H and O–H groups in total. The van der Waals surface area contributed by atoms with Gasteiger partial charge in [0.25, 0.3) is 5.91 Å². The van der Waals surface area contributed by atoms with Gasteiger partial charge in [-0.1, -0.05) is 30.3 Å². The first kappa shape index (κ1) is 15.0. The van der Waals surface area contributed by atoms with E-state index in [9.17, 15) is 14.4 Å². The number of benzene rings is 2. The number of hydrogen-bond donors (Lipinski definition) is 3. The normalized spacial score (nSPS) is 9.64. The zero-order valence-electron chi connectivity index (χ0n) is 11.4. The van der Waals surface area contributed by atoms with E-state index >= 15 is 0 Å². The quantitative estimate of drug-likeness (QED) is 0.573. The van der Waals surface area contributed by atoms with Crippen LogP contribution in [-0.4, -0.2) is 17.7 Å². The standard InChI is InChI=1S/C15H13N3O4/c16-13(19)15(21)18-17-14(20)11-8-4-5-9-12(11)22-10-6-2-1-3-7-10/h1-9H,(H2,16,19)(H,17,20)(H,18,21). The summed E-state index contributed by atoms with van der Waals surface area (Å²) >= 11 is 0. The molecule has 0 aromatic heterocycles. The largest absolute Gasteiger partial charge is 0.457 e. The molecule has 0 spiro atoms. The molecule has 7 nitrogen and oxygen atoms in total. The summed E-state index contributed by atoms with van der Waals surface area (Å²) < 4.78 is 5.62. The van der Waals surface area contributed by atoms with Crippen molar-refractivity contribution in [3.05, 3.63) is 60.2 Å². The van der Waals surface area contributed by atoms with E-state index in [4.69, 9.17) is 10.5 Å². The SMILES string of the molecule is NC(=O)C(=O)NNC(=O)c1ccccc1Oc1ccccc1. The second-order valence-electron chi connectivity index (χ2n) is 4.18. The Morgan fingerprint density at radius 2 is 1.50 bits per heavy atom. The molecule has 0 aliphatic carbocycles. The third-order valence-electron chi connectivity index (χ3n) is 2.62. The predicted molar refractivity (Wildman–Crippen MR) is 77.8 cm³/mol. The number of carbonyl (C=O) groups excluding carboxylic acids is 3. The van der Waals surface area contributed by atoms with Crippen LogP contribution >= 0.6 is 0 Å². The van der Waals surface area contributed by atoms with Crippen molar-refractivity contribution in [3.8, 4) is 11.5 Å². The molecule has 0 fully saturated rings. The van der Waals surface area contributed by atoms with Gasteiger partial charge in [0.15, 0.2) is 0 Å². The number of carbonyl (C=O) groups is 3. The number of amides is 3. The molecule has 0 saturated heterocycles. The number of nitrogens with two attached hydrogens (primary N) is 1. The second-order valence-corrected chi connectivity index (χ2v) is 4.18. The van der Waals surface area contributed by atoms with Crippen LogP contribution in [0.25, 0.3) is 0 Å². The Kier molecular flexibility index (Phi) is 4.71. The highest BCUT2D eigenvalue weighted by Crippen LogP contribution is 2.24. The molecule has 0 aliphatic rings. The maximum Gasteiger partial charge on any atom is 0.327 e. The van der Waals surface area contributed by atoms with E-state index in [0.29, 0.717) is 11.5 Å². The minimum atomic E-state index is -1.20. The Bertz CT molecular complexity index is 701. The maximum absolute atomic E-state index is 12.0. The molecule has 7 heteroatoms. The lowest BCUT2D eigenvalue weighted by Crippen LogP contribution is -2.47. The lowest BCUT2D eigenvalue weighted by Gasteiger charge is -2.11. The number of rotatable bonds is 3. The summed E-state index contributed by atoms with van der Waals surface area (Å²) in [7, 11) is 0. The monoisotopic (exact) mass is 299 g/mol. The molecule has 0 unspecified atom stereocenters. The van der Waals surface area contributed by atoms with Gasteiger partial charge in [0.05, 0.1) is 5.56 Å². The lowest BCUT2D eigenvalue weighted by atomic mass is 10.2. The molecule has 112 valence electrons. The van der Waals surface area contributed by atoms with Crippen molar-refractivity contribution in [3.63, 3.8) is 0 Å². The minimum absolute atomic E-state index is 0.191. The fraction of sp³-hybridized carbons (Fsp3) is 0. The zero-order chi connectivity index (χ0) is 15.9. The molecule has 2 rings (SSSR count). The summed E-state index contributed by atoms with van der Waals surface area (Å²) in [4.78, 5) is 33.6. The van der Waals surface area contributed by atoms with Crippen LogP contribution in [0, 0.1) is 0 Å². The van der Waals surface area contributed by atoms with Gasteiger partial charge in [-0.3, -0.25) is 25.2 Å². The van der Waals surface area contributed by atoms with Crippen LogP contribution in [0.2, 0.25) is 0 Å². The van der Waals surface area contributed by atoms with Crippen LogP contribution in [0.15, 0.2) is 54.6 Å². The number of hydrogen-bond acceptors (Lipinski definition) is 4. The molecular weight excluding hydrogens is 286 g/mol. The number of ether oxygens (including phenoxy) is 1. The maximum atomic E-state index is 12.0. The van der Waals surface area contributed by atoms with E-state index in [1.54, 1.807) is 42.5 Å². The highest BCUT2D eigenvalue weighted by Gasteiger charge is 2.15. The molecule has 22 heavy (non-hydrogen) atoms. The van der Waals surface area contributed by atoms with Gasteiger partial charge in [-0.15, -0.1) is 0 Å². The molecule has 0 aliphatic heterocycles. The van der Waals surface area contributed by atoms with E-state index in [-0.39, 0.29) is 5.56 Å². The first-order chi connectivity index (χ1) is 10.6. The van der Waals surface area contributed by atoms with Crippen molar-refractivity contribution < 1.29 is 19.1 Å². The fourth-order valence-corrected chi connectivity index (χ4v) is 1.60. The average Bonchev–Trinajstić information content (AvgIpc) is 2.53. The molecule has 0 heterocycles. The fourth-order valence-electron chi connectivity index (χ4n) is 1.60. The van der Waals surface area contributed by atoms with E-state index < -0.39 is 17.7 Å². The minimum Gasteiger partial charge on any atom is -0.457 e. The van der Waals surface area contributed by atoms with Gasteiger partial charge in [-0.25, -0.2) is 0 Å². The van der Waals surface area contributed by atoms with Gasteiger partial charge in [-0.2, -0.15) is 0 Å². The van der Waals surface area contributed by atoms with Crippen LogP contribution in [0.4, 0.5) is 0 Å². The van der Waals surface area contributed by atoms with Crippen molar-refractivity contribution in [2.45, 2.75) is 0 Å². The number of hydrazine groups is 1. The summed E-state index contributed by atoms with van der Waals surface area (Å²) in [5, 5.41) is 0. The van der Waals surface area contributed by atoms with Gasteiger partial charge in [0, 0.05) is 0 Å². The topological polar surface area (TPSA) is 111 Å². The second kappa shape index (κ2) is 6.89. The average molecular weight is 299 g/mol. The molecular formula is C15H13N3O4. The van der Waals surface area contributed by atoms with Crippen LogP contribution in [0.5, 0.6) is 11.5 Å². The Balaban J connectivity index is 2.12. The zero-order valence-corrected chi connectivity index (χ0v) is 11.4. The Hall–Kier alpha value is -3.35. The molecule has 3 amide bonds. The summed E-state index contributed by atoms with van der Waals surface area (Å²) in [6.45, 7) is 0. The van der Waals surface area contributed by atoms with Crippen molar-refractivity contribution in [2.24, 2.45) is 5.73 Å². The van der Waals surface area contributed by atoms with Crippen molar-refractivity contribution >= 4 is 17.7 Å². The predicted octanol–water partition coefficient (Wildman–Crippen LogP) is 0.725. The summed E-state index contributed by atoms with van der Waals surface area (Å²) in [6, 6.07) is 15.4. The van der Waals surface area contributed by atoms with Gasteiger partial charge in [-0.05, 0) is 24.3 Å². The van der Waals surface area contributed by atoms with Gasteiger partial charge < -0.3 is 10.5 Å². The third-order valence-corrected chi connectivity index (χ3v) is 2.62. The first-order valence-corrected chi connectivity index (χ1v) is 6.30. The van der Waals surface area contributed by atoms with E-state index in [1.807, 2.05) is 11.5 Å². The van der Waals surface area contributed by atoms with Crippen LogP contribution in [0.1, 0.15) is 10.4 Å². The molecule has 0 saturated carbocycles. The summed E-state index contributed by atoms with van der Waals surface area (Å²) in [6.07, 6.45) is 0. The molecule has 2 aromatic rings.